The van der Waals surface area contributed by atoms with Crippen LogP contribution in [0.4, 0.5) is 10.5 Å². The Hall–Kier alpha value is -3.06. The van der Waals surface area contributed by atoms with Crippen LogP contribution in [0, 0.1) is 11.8 Å². The lowest BCUT2D eigenvalue weighted by Gasteiger charge is -2.35. The van der Waals surface area contributed by atoms with E-state index in [0.717, 1.165) is 10.8 Å². The summed E-state index contributed by atoms with van der Waals surface area (Å²) in [6, 6.07) is 13.4. The molecule has 1 aliphatic carbocycles. The molecule has 150 valence electrons. The fraction of sp³-hybridized carbons (Fsp3) is 0.364. The van der Waals surface area contributed by atoms with E-state index in [2.05, 4.69) is 5.32 Å². The van der Waals surface area contributed by atoms with Crippen LogP contribution in [0.2, 0.25) is 0 Å². The van der Waals surface area contributed by atoms with E-state index >= 15 is 0 Å². The van der Waals surface area contributed by atoms with Gasteiger partial charge in [0.15, 0.2) is 0 Å². The summed E-state index contributed by atoms with van der Waals surface area (Å²) in [6.07, 6.45) is 0.598. The second-order valence-electron chi connectivity index (χ2n) is 7.78. The van der Waals surface area contributed by atoms with Gasteiger partial charge in [-0.2, -0.15) is 0 Å². The summed E-state index contributed by atoms with van der Waals surface area (Å²) in [7, 11) is 1.34. The Balaban J connectivity index is 1.36. The number of methoxy groups -OCH3 is 1. The van der Waals surface area contributed by atoms with E-state index < -0.39 is 24.0 Å². The van der Waals surface area contributed by atoms with Crippen LogP contribution in [0.5, 0.6) is 0 Å². The molecule has 1 amide bonds. The molecule has 3 aliphatic rings. The number of nitrogens with one attached hydrogen (secondary N) is 1. The largest absolute Gasteiger partial charge is 0.466 e. The Labute approximate surface area is 167 Å². The van der Waals surface area contributed by atoms with E-state index in [4.69, 9.17) is 18.9 Å². The number of anilines is 1. The van der Waals surface area contributed by atoms with Crippen molar-refractivity contribution in [2.75, 3.05) is 12.4 Å². The number of carbonyl (C=O) groups is 2. The van der Waals surface area contributed by atoms with Crippen LogP contribution in [-0.2, 0) is 23.7 Å². The molecular weight excluding hydrogens is 374 g/mol. The van der Waals surface area contributed by atoms with E-state index in [1.807, 2.05) is 49.4 Å². The highest BCUT2D eigenvalue weighted by molar-refractivity contribution is 6.00. The van der Waals surface area contributed by atoms with Crippen molar-refractivity contribution < 1.29 is 28.5 Å². The monoisotopic (exact) mass is 395 g/mol. The van der Waals surface area contributed by atoms with Crippen molar-refractivity contribution >= 4 is 28.5 Å². The first-order chi connectivity index (χ1) is 14.0. The predicted molar refractivity (Wildman–Crippen MR) is 104 cm³/mol. The Morgan fingerprint density at radius 3 is 2.79 bits per heavy atom. The Morgan fingerprint density at radius 1 is 1.17 bits per heavy atom. The molecule has 1 saturated heterocycles. The first-order valence-electron chi connectivity index (χ1n) is 9.58. The Morgan fingerprint density at radius 2 is 1.97 bits per heavy atom. The molecule has 7 heteroatoms. The van der Waals surface area contributed by atoms with E-state index in [1.54, 1.807) is 0 Å². The molecule has 2 aromatic carbocycles. The van der Waals surface area contributed by atoms with Crippen LogP contribution in [0.15, 0.2) is 54.3 Å². The summed E-state index contributed by atoms with van der Waals surface area (Å²) >= 11 is 0. The standard InChI is InChI=1S/C22H21NO6/c1-22-17(29-22)10-14-15(19(24)26-2)11-27-20(18(14)22)28-21(25)23-16-9-5-7-12-6-3-4-8-13(12)16/h3-9,11,14,17-18,20H,10H2,1-2H3,(H,23,25)/t14-,17+,18+,20+,22+/m1/s1. The Bertz CT molecular complexity index is 1030. The van der Waals surface area contributed by atoms with Crippen LogP contribution in [0.25, 0.3) is 10.8 Å². The van der Waals surface area contributed by atoms with Crippen molar-refractivity contribution in [3.05, 3.63) is 54.3 Å². The van der Waals surface area contributed by atoms with Gasteiger partial charge < -0.3 is 18.9 Å². The minimum absolute atomic E-state index is 0.0273. The first-order valence-corrected chi connectivity index (χ1v) is 9.58. The fourth-order valence-corrected chi connectivity index (χ4v) is 4.72. The summed E-state index contributed by atoms with van der Waals surface area (Å²) in [5.74, 6) is -0.830. The normalized spacial score (nSPS) is 31.7. The number of ether oxygens (including phenoxy) is 4. The summed E-state index contributed by atoms with van der Waals surface area (Å²) in [5, 5.41) is 4.74. The zero-order valence-corrected chi connectivity index (χ0v) is 16.1. The number of fused-ring (bicyclic) bond motifs is 4. The van der Waals surface area contributed by atoms with Crippen molar-refractivity contribution in [2.24, 2.45) is 11.8 Å². The number of esters is 1. The van der Waals surface area contributed by atoms with Crippen molar-refractivity contribution in [1.82, 2.24) is 0 Å². The van der Waals surface area contributed by atoms with Gasteiger partial charge in [-0.05, 0) is 24.8 Å². The maximum Gasteiger partial charge on any atom is 0.414 e. The SMILES string of the molecule is COC(=O)C1=CO[C@@H](OC(=O)Nc2cccc3ccccc23)[C@@H]2[C@@H]1C[C@@H]1O[C@]21C. The van der Waals surface area contributed by atoms with Crippen LogP contribution in [0.3, 0.4) is 0 Å². The number of rotatable bonds is 3. The molecule has 0 unspecified atom stereocenters. The molecule has 2 fully saturated rings. The second kappa shape index (κ2) is 6.49. The molecule has 0 spiro atoms. The zero-order valence-electron chi connectivity index (χ0n) is 16.1. The molecule has 0 aromatic heterocycles. The first kappa shape index (κ1) is 18.0. The highest BCUT2D eigenvalue weighted by Crippen LogP contribution is 2.61. The predicted octanol–water partition coefficient (Wildman–Crippen LogP) is 3.60. The molecule has 5 rings (SSSR count). The number of carbonyl (C=O) groups excluding carboxylic acids is 2. The van der Waals surface area contributed by atoms with Gasteiger partial charge in [-0.25, -0.2) is 9.59 Å². The van der Waals surface area contributed by atoms with Crippen molar-refractivity contribution in [3.8, 4) is 0 Å². The average Bonchev–Trinajstić information content (AvgIpc) is 3.28. The van der Waals surface area contributed by atoms with Gasteiger partial charge in [0, 0.05) is 11.3 Å². The molecule has 5 atom stereocenters. The maximum absolute atomic E-state index is 12.6. The highest BCUT2D eigenvalue weighted by atomic mass is 16.7. The summed E-state index contributed by atoms with van der Waals surface area (Å²) in [5.41, 5.74) is 0.649. The molecule has 0 bridgehead atoms. The Kier molecular flexibility index (Phi) is 4.03. The number of hydrogen-bond donors (Lipinski definition) is 1. The van der Waals surface area contributed by atoms with Gasteiger partial charge in [0.2, 0.25) is 0 Å². The van der Waals surface area contributed by atoms with Gasteiger partial charge in [0.1, 0.15) is 5.60 Å². The third-order valence-corrected chi connectivity index (χ3v) is 6.23. The smallest absolute Gasteiger partial charge is 0.414 e. The third-order valence-electron chi connectivity index (χ3n) is 6.23. The summed E-state index contributed by atoms with van der Waals surface area (Å²) < 4.78 is 22.0. The summed E-state index contributed by atoms with van der Waals surface area (Å²) in [6.45, 7) is 1.96. The van der Waals surface area contributed by atoms with E-state index in [-0.39, 0.29) is 17.9 Å². The van der Waals surface area contributed by atoms with Gasteiger partial charge in [-0.1, -0.05) is 36.4 Å². The third kappa shape index (κ3) is 2.84. The molecule has 2 heterocycles. The van der Waals surface area contributed by atoms with Crippen molar-refractivity contribution in [2.45, 2.75) is 31.3 Å². The lowest BCUT2D eigenvalue weighted by Crippen LogP contribution is -2.43. The van der Waals surface area contributed by atoms with Gasteiger partial charge in [0.25, 0.3) is 6.29 Å². The van der Waals surface area contributed by atoms with Gasteiger partial charge in [-0.15, -0.1) is 0 Å². The molecule has 2 aromatic rings. The molecule has 2 aliphatic heterocycles. The van der Waals surface area contributed by atoms with Gasteiger partial charge in [0.05, 0.1) is 36.7 Å². The minimum Gasteiger partial charge on any atom is -0.466 e. The number of hydrogen-bond acceptors (Lipinski definition) is 6. The van der Waals surface area contributed by atoms with E-state index in [1.165, 1.54) is 13.4 Å². The quantitative estimate of drug-likeness (QED) is 0.631. The van der Waals surface area contributed by atoms with Crippen molar-refractivity contribution in [3.63, 3.8) is 0 Å². The number of epoxide rings is 1. The molecule has 0 radical (unpaired) electrons. The maximum atomic E-state index is 12.6. The fourth-order valence-electron chi connectivity index (χ4n) is 4.72. The van der Waals surface area contributed by atoms with E-state index in [0.29, 0.717) is 17.7 Å². The second-order valence-corrected chi connectivity index (χ2v) is 7.78. The topological polar surface area (TPSA) is 86.4 Å². The molecule has 1 N–H and O–H groups in total. The molecular formula is C22H21NO6. The molecule has 7 nitrogen and oxygen atoms in total. The van der Waals surface area contributed by atoms with Crippen molar-refractivity contribution in [1.29, 1.82) is 0 Å². The van der Waals surface area contributed by atoms with Gasteiger partial charge in [-0.3, -0.25) is 5.32 Å². The summed E-state index contributed by atoms with van der Waals surface area (Å²) in [4.78, 5) is 24.7. The average molecular weight is 395 g/mol. The zero-order chi connectivity index (χ0) is 20.2. The molecule has 29 heavy (non-hydrogen) atoms. The number of amides is 1. The van der Waals surface area contributed by atoms with Crippen LogP contribution >= 0.6 is 0 Å². The van der Waals surface area contributed by atoms with Crippen LogP contribution in [0.1, 0.15) is 13.3 Å². The molecule has 1 saturated carbocycles. The lowest BCUT2D eigenvalue weighted by molar-refractivity contribution is -0.149. The van der Waals surface area contributed by atoms with Gasteiger partial charge >= 0.3 is 12.1 Å². The highest BCUT2D eigenvalue weighted by Gasteiger charge is 2.71. The number of benzene rings is 2. The van der Waals surface area contributed by atoms with Crippen LogP contribution < -0.4 is 5.32 Å². The minimum atomic E-state index is -0.846. The van der Waals surface area contributed by atoms with E-state index in [9.17, 15) is 9.59 Å². The van der Waals surface area contributed by atoms with Crippen LogP contribution in [-0.4, -0.2) is 37.2 Å². The lowest BCUT2D eigenvalue weighted by atomic mass is 9.82.